The van der Waals surface area contributed by atoms with Crippen LogP contribution in [-0.2, 0) is 22.6 Å². The molecule has 0 saturated carbocycles. The molecule has 192 valence electrons. The molecular weight excluding hydrogens is 486 g/mol. The summed E-state index contributed by atoms with van der Waals surface area (Å²) in [5, 5.41) is 9.35. The van der Waals surface area contributed by atoms with Crippen LogP contribution in [0.4, 0.5) is 0 Å². The standard InChI is InChI=1S/C29H25N3O6/c1-18-25(27(38-32-18)21-10-6-3-7-11-21)28(34)31-22(14-19-8-4-2-5-9-19)26(33)29(35)30-16-20-12-13-23-24(15-20)37-17-36-23/h2-13,15,22H,14,16-17H2,1H3,(H,30,35)(H,31,34)/t22-/m0/s1. The van der Waals surface area contributed by atoms with Gasteiger partial charge in [-0.2, -0.15) is 0 Å². The molecule has 9 heteroatoms. The number of rotatable bonds is 9. The smallest absolute Gasteiger partial charge is 0.289 e. The van der Waals surface area contributed by atoms with Gasteiger partial charge in [-0.1, -0.05) is 71.9 Å². The van der Waals surface area contributed by atoms with Gasteiger partial charge in [-0.25, -0.2) is 0 Å². The number of Topliss-reactive ketones (excluding diaryl/α,β-unsaturated/α-hetero) is 1. The number of carbonyl (C=O) groups is 3. The van der Waals surface area contributed by atoms with Gasteiger partial charge in [0.1, 0.15) is 11.6 Å². The maximum atomic E-state index is 13.4. The monoisotopic (exact) mass is 511 g/mol. The molecule has 2 heterocycles. The van der Waals surface area contributed by atoms with Crippen molar-refractivity contribution in [3.05, 3.63) is 101 Å². The first kappa shape index (κ1) is 24.8. The van der Waals surface area contributed by atoms with E-state index in [4.69, 9.17) is 14.0 Å². The molecule has 9 nitrogen and oxygen atoms in total. The molecule has 0 radical (unpaired) electrons. The van der Waals surface area contributed by atoms with Gasteiger partial charge in [-0.3, -0.25) is 14.4 Å². The molecule has 38 heavy (non-hydrogen) atoms. The number of nitrogens with one attached hydrogen (secondary N) is 2. The second-order valence-corrected chi connectivity index (χ2v) is 8.79. The number of hydrogen-bond acceptors (Lipinski definition) is 7. The van der Waals surface area contributed by atoms with Crippen LogP contribution in [0.1, 0.15) is 27.2 Å². The van der Waals surface area contributed by atoms with Gasteiger partial charge >= 0.3 is 0 Å². The van der Waals surface area contributed by atoms with E-state index >= 15 is 0 Å². The summed E-state index contributed by atoms with van der Waals surface area (Å²) >= 11 is 0. The first-order chi connectivity index (χ1) is 18.5. The minimum atomic E-state index is -1.11. The quantitative estimate of drug-likeness (QED) is 0.330. The lowest BCUT2D eigenvalue weighted by molar-refractivity contribution is -0.139. The molecule has 0 spiro atoms. The van der Waals surface area contributed by atoms with Gasteiger partial charge in [0.05, 0.1) is 5.69 Å². The van der Waals surface area contributed by atoms with E-state index in [9.17, 15) is 14.4 Å². The highest BCUT2D eigenvalue weighted by atomic mass is 16.7. The van der Waals surface area contributed by atoms with Crippen LogP contribution in [0.5, 0.6) is 11.5 Å². The van der Waals surface area contributed by atoms with Gasteiger partial charge in [0.25, 0.3) is 11.8 Å². The lowest BCUT2D eigenvalue weighted by Crippen LogP contribution is -2.48. The van der Waals surface area contributed by atoms with Crippen molar-refractivity contribution in [2.75, 3.05) is 6.79 Å². The molecule has 4 aromatic rings. The van der Waals surface area contributed by atoms with Crippen molar-refractivity contribution in [1.82, 2.24) is 15.8 Å². The maximum Gasteiger partial charge on any atom is 0.289 e. The van der Waals surface area contributed by atoms with Crippen LogP contribution in [0.15, 0.2) is 83.4 Å². The van der Waals surface area contributed by atoms with Crippen LogP contribution in [-0.4, -0.2) is 35.6 Å². The summed E-state index contributed by atoms with van der Waals surface area (Å²) in [7, 11) is 0. The van der Waals surface area contributed by atoms with Crippen molar-refractivity contribution >= 4 is 17.6 Å². The molecule has 2 N–H and O–H groups in total. The SMILES string of the molecule is Cc1noc(-c2ccccc2)c1C(=O)N[C@@H](Cc1ccccc1)C(=O)C(=O)NCc1ccc2c(c1)OCO2. The highest BCUT2D eigenvalue weighted by Crippen LogP contribution is 2.32. The first-order valence-corrected chi connectivity index (χ1v) is 12.1. The molecule has 0 unspecified atom stereocenters. The third kappa shape index (κ3) is 5.41. The van der Waals surface area contributed by atoms with Crippen molar-refractivity contribution in [1.29, 1.82) is 0 Å². The second-order valence-electron chi connectivity index (χ2n) is 8.79. The highest BCUT2D eigenvalue weighted by molar-refractivity contribution is 6.38. The van der Waals surface area contributed by atoms with Gasteiger partial charge in [-0.15, -0.1) is 0 Å². The van der Waals surface area contributed by atoms with E-state index in [2.05, 4.69) is 15.8 Å². The van der Waals surface area contributed by atoms with E-state index in [-0.39, 0.29) is 25.3 Å². The average molecular weight is 512 g/mol. The minimum Gasteiger partial charge on any atom is -0.454 e. The Balaban J connectivity index is 1.34. The fourth-order valence-electron chi connectivity index (χ4n) is 4.19. The first-order valence-electron chi connectivity index (χ1n) is 12.1. The number of benzene rings is 3. The normalized spacial score (nSPS) is 12.6. The van der Waals surface area contributed by atoms with E-state index in [0.717, 1.165) is 11.1 Å². The van der Waals surface area contributed by atoms with Crippen LogP contribution in [0.25, 0.3) is 11.3 Å². The fraction of sp³-hybridized carbons (Fsp3) is 0.172. The summed E-state index contributed by atoms with van der Waals surface area (Å²) < 4.78 is 16.1. The summed E-state index contributed by atoms with van der Waals surface area (Å²) in [5.74, 6) is -0.636. The summed E-state index contributed by atoms with van der Waals surface area (Å²) in [6, 6.07) is 22.4. The average Bonchev–Trinajstić information content (AvgIpc) is 3.58. The Hall–Kier alpha value is -4.92. The largest absolute Gasteiger partial charge is 0.454 e. The minimum absolute atomic E-state index is 0.107. The Morgan fingerprint density at radius 2 is 1.61 bits per heavy atom. The van der Waals surface area contributed by atoms with Gasteiger partial charge in [0.2, 0.25) is 12.6 Å². The molecule has 0 aliphatic carbocycles. The summed E-state index contributed by atoms with van der Waals surface area (Å²) in [6.45, 7) is 1.90. The van der Waals surface area contributed by atoms with Gasteiger partial charge < -0.3 is 24.6 Å². The predicted molar refractivity (Wildman–Crippen MR) is 137 cm³/mol. The number of aromatic nitrogens is 1. The van der Waals surface area contributed by atoms with Gasteiger partial charge in [-0.05, 0) is 30.2 Å². The number of fused-ring (bicyclic) bond motifs is 1. The summed E-state index contributed by atoms with van der Waals surface area (Å²) in [4.78, 5) is 39.6. The van der Waals surface area contributed by atoms with Crippen molar-refractivity contribution in [3.8, 4) is 22.8 Å². The lowest BCUT2D eigenvalue weighted by Gasteiger charge is -2.18. The van der Waals surface area contributed by atoms with E-state index in [1.54, 1.807) is 37.3 Å². The number of ether oxygens (including phenoxy) is 2. The van der Waals surface area contributed by atoms with Crippen LogP contribution in [0.2, 0.25) is 0 Å². The van der Waals surface area contributed by atoms with Crippen molar-refractivity contribution in [2.45, 2.75) is 25.9 Å². The molecule has 3 aromatic carbocycles. The number of hydrogen-bond donors (Lipinski definition) is 2. The maximum absolute atomic E-state index is 13.4. The molecule has 1 atom stereocenters. The molecule has 5 rings (SSSR count). The zero-order valence-corrected chi connectivity index (χ0v) is 20.6. The Kier molecular flexibility index (Phi) is 7.17. The third-order valence-electron chi connectivity index (χ3n) is 6.14. The molecular formula is C29H25N3O6. The highest BCUT2D eigenvalue weighted by Gasteiger charge is 2.30. The lowest BCUT2D eigenvalue weighted by atomic mass is 10.00. The van der Waals surface area contributed by atoms with E-state index in [1.807, 2.05) is 48.5 Å². The Morgan fingerprint density at radius 1 is 0.895 bits per heavy atom. The summed E-state index contributed by atoms with van der Waals surface area (Å²) in [5.41, 5.74) is 2.79. The number of aryl methyl sites for hydroxylation is 1. The van der Waals surface area contributed by atoms with E-state index in [0.29, 0.717) is 28.5 Å². The van der Waals surface area contributed by atoms with Crippen molar-refractivity contribution in [3.63, 3.8) is 0 Å². The predicted octanol–water partition coefficient (Wildman–Crippen LogP) is 3.61. The number of amides is 2. The Labute approximate surface area is 218 Å². The van der Waals surface area contributed by atoms with E-state index in [1.165, 1.54) is 0 Å². The van der Waals surface area contributed by atoms with Crippen LogP contribution in [0, 0.1) is 6.92 Å². The summed E-state index contributed by atoms with van der Waals surface area (Å²) in [6.07, 6.45) is 0.133. The second kappa shape index (κ2) is 11.0. The van der Waals surface area contributed by atoms with Crippen LogP contribution < -0.4 is 20.1 Å². The molecule has 1 aliphatic heterocycles. The molecule has 0 bridgehead atoms. The van der Waals surface area contributed by atoms with Crippen molar-refractivity contribution in [2.24, 2.45) is 0 Å². The number of nitrogens with zero attached hydrogens (tertiary/aromatic N) is 1. The van der Waals surface area contributed by atoms with Crippen LogP contribution in [0.3, 0.4) is 0 Å². The molecule has 2 amide bonds. The Morgan fingerprint density at radius 3 is 2.37 bits per heavy atom. The zero-order valence-electron chi connectivity index (χ0n) is 20.6. The van der Waals surface area contributed by atoms with Crippen molar-refractivity contribution < 1.29 is 28.4 Å². The fourth-order valence-corrected chi connectivity index (χ4v) is 4.19. The molecule has 0 saturated heterocycles. The number of carbonyl (C=O) groups excluding carboxylic acids is 3. The molecule has 0 fully saturated rings. The number of ketones is 1. The Bertz CT molecular complexity index is 1470. The van der Waals surface area contributed by atoms with Gasteiger partial charge in [0, 0.05) is 18.5 Å². The third-order valence-corrected chi connectivity index (χ3v) is 6.14. The molecule has 1 aliphatic rings. The topological polar surface area (TPSA) is 120 Å². The molecule has 1 aromatic heterocycles. The van der Waals surface area contributed by atoms with E-state index < -0.39 is 23.6 Å². The van der Waals surface area contributed by atoms with Crippen LogP contribution >= 0.6 is 0 Å². The van der Waals surface area contributed by atoms with Gasteiger partial charge in [0.15, 0.2) is 17.3 Å². The zero-order chi connectivity index (χ0) is 26.5.